The lowest BCUT2D eigenvalue weighted by atomic mass is 10.3. The van der Waals surface area contributed by atoms with E-state index in [0.717, 1.165) is 6.07 Å². The number of carbonyl (C=O) groups excluding carboxylic acids is 1. The van der Waals surface area contributed by atoms with Crippen LogP contribution in [0.5, 0.6) is 0 Å². The maximum Gasteiger partial charge on any atom is 0.276 e. The summed E-state index contributed by atoms with van der Waals surface area (Å²) in [5.74, 6) is -2.43. The summed E-state index contributed by atoms with van der Waals surface area (Å²) in [5.41, 5.74) is -0.253. The molecule has 1 aromatic heterocycles. The summed E-state index contributed by atoms with van der Waals surface area (Å²) in [6.07, 6.45) is 2.66. The largest absolute Gasteiger partial charge is 0.372 e. The lowest BCUT2D eigenvalue weighted by molar-refractivity contribution is 0.102. The van der Waals surface area contributed by atoms with Crippen molar-refractivity contribution in [2.24, 2.45) is 0 Å². The zero-order valence-corrected chi connectivity index (χ0v) is 9.95. The van der Waals surface area contributed by atoms with E-state index in [1.807, 2.05) is 0 Å². The zero-order chi connectivity index (χ0) is 13.8. The number of benzene rings is 1. The van der Waals surface area contributed by atoms with E-state index in [1.165, 1.54) is 24.5 Å². The highest BCUT2D eigenvalue weighted by molar-refractivity contribution is 6.02. The minimum Gasteiger partial charge on any atom is -0.372 e. The molecule has 0 unspecified atom stereocenters. The highest BCUT2D eigenvalue weighted by atomic mass is 19.2. The monoisotopic (exact) mass is 264 g/mol. The Morgan fingerprint density at radius 3 is 2.79 bits per heavy atom. The van der Waals surface area contributed by atoms with Gasteiger partial charge in [-0.1, -0.05) is 6.07 Å². The first-order chi connectivity index (χ1) is 9.11. The van der Waals surface area contributed by atoms with E-state index in [0.29, 0.717) is 5.82 Å². The second-order valence-electron chi connectivity index (χ2n) is 3.60. The van der Waals surface area contributed by atoms with Crippen LogP contribution in [0.1, 0.15) is 10.5 Å². The molecule has 0 atom stereocenters. The maximum atomic E-state index is 13.4. The SMILES string of the molecule is CNc1cncc(C(=O)Nc2cccc(F)c2F)n1. The standard InChI is InChI=1S/C12H10F2N4O/c1-15-10-6-16-5-9(17-10)12(19)18-8-4-2-3-7(13)11(8)14/h2-6H,1H3,(H,15,17)(H,18,19). The molecule has 0 saturated carbocycles. The van der Waals surface area contributed by atoms with Crippen molar-refractivity contribution in [2.45, 2.75) is 0 Å². The number of aromatic nitrogens is 2. The van der Waals surface area contributed by atoms with Gasteiger partial charge in [0.15, 0.2) is 11.6 Å². The summed E-state index contributed by atoms with van der Waals surface area (Å²) in [4.78, 5) is 19.6. The number of hydrogen-bond acceptors (Lipinski definition) is 4. The van der Waals surface area contributed by atoms with E-state index in [9.17, 15) is 13.6 Å². The summed E-state index contributed by atoms with van der Waals surface area (Å²) in [7, 11) is 1.62. The van der Waals surface area contributed by atoms with E-state index in [2.05, 4.69) is 20.6 Å². The number of anilines is 2. The number of hydrogen-bond donors (Lipinski definition) is 2. The van der Waals surface area contributed by atoms with E-state index in [1.54, 1.807) is 7.05 Å². The Balaban J connectivity index is 2.23. The summed E-state index contributed by atoms with van der Waals surface area (Å²) in [6.45, 7) is 0. The van der Waals surface area contributed by atoms with Crippen molar-refractivity contribution in [3.05, 3.63) is 47.9 Å². The maximum absolute atomic E-state index is 13.4. The second-order valence-corrected chi connectivity index (χ2v) is 3.60. The molecule has 0 aliphatic heterocycles. The van der Waals surface area contributed by atoms with E-state index in [4.69, 9.17) is 0 Å². The highest BCUT2D eigenvalue weighted by Gasteiger charge is 2.13. The Bertz CT molecular complexity index is 618. The Morgan fingerprint density at radius 2 is 2.05 bits per heavy atom. The molecule has 1 heterocycles. The van der Waals surface area contributed by atoms with Crippen molar-refractivity contribution >= 4 is 17.4 Å². The summed E-state index contributed by atoms with van der Waals surface area (Å²) in [5, 5.41) is 4.95. The van der Waals surface area contributed by atoms with Gasteiger partial charge in [0.1, 0.15) is 11.5 Å². The Kier molecular flexibility index (Phi) is 3.65. The van der Waals surface area contributed by atoms with Crippen molar-refractivity contribution in [2.75, 3.05) is 17.7 Å². The van der Waals surface area contributed by atoms with Gasteiger partial charge in [-0.25, -0.2) is 13.8 Å². The summed E-state index contributed by atoms with van der Waals surface area (Å²) in [6, 6.07) is 3.52. The smallest absolute Gasteiger partial charge is 0.276 e. The molecular formula is C12H10F2N4O. The lowest BCUT2D eigenvalue weighted by Gasteiger charge is -2.06. The molecule has 0 spiro atoms. The first-order valence-corrected chi connectivity index (χ1v) is 5.37. The minimum absolute atomic E-state index is 0.00416. The van der Waals surface area contributed by atoms with Gasteiger partial charge in [0, 0.05) is 7.05 Å². The van der Waals surface area contributed by atoms with Crippen molar-refractivity contribution < 1.29 is 13.6 Å². The van der Waals surface area contributed by atoms with Gasteiger partial charge in [-0.2, -0.15) is 0 Å². The molecule has 98 valence electrons. The minimum atomic E-state index is -1.12. The van der Waals surface area contributed by atoms with Crippen LogP contribution in [-0.2, 0) is 0 Å². The molecule has 0 saturated heterocycles. The molecule has 19 heavy (non-hydrogen) atoms. The van der Waals surface area contributed by atoms with Crippen LogP contribution in [0, 0.1) is 11.6 Å². The molecule has 2 aromatic rings. The van der Waals surface area contributed by atoms with Crippen LogP contribution in [0.2, 0.25) is 0 Å². The van der Waals surface area contributed by atoms with Crippen LogP contribution >= 0.6 is 0 Å². The average Bonchev–Trinajstić information content (AvgIpc) is 2.44. The van der Waals surface area contributed by atoms with Crippen LogP contribution < -0.4 is 10.6 Å². The molecule has 7 heteroatoms. The van der Waals surface area contributed by atoms with Gasteiger partial charge >= 0.3 is 0 Å². The third kappa shape index (κ3) is 2.82. The number of nitrogens with one attached hydrogen (secondary N) is 2. The van der Waals surface area contributed by atoms with Crippen LogP contribution in [0.25, 0.3) is 0 Å². The fourth-order valence-electron chi connectivity index (χ4n) is 1.38. The summed E-state index contributed by atoms with van der Waals surface area (Å²) < 4.78 is 26.4. The molecular weight excluding hydrogens is 254 g/mol. The van der Waals surface area contributed by atoms with Crippen molar-refractivity contribution in [1.82, 2.24) is 9.97 Å². The van der Waals surface area contributed by atoms with Gasteiger partial charge in [0.2, 0.25) is 0 Å². The second kappa shape index (κ2) is 5.38. The molecule has 0 radical (unpaired) electrons. The third-order valence-corrected chi connectivity index (χ3v) is 2.32. The van der Waals surface area contributed by atoms with Gasteiger partial charge < -0.3 is 10.6 Å². The van der Waals surface area contributed by atoms with Crippen molar-refractivity contribution in [3.8, 4) is 0 Å². The number of nitrogens with zero attached hydrogens (tertiary/aromatic N) is 2. The number of rotatable bonds is 3. The molecule has 2 rings (SSSR count). The van der Waals surface area contributed by atoms with Crippen LogP contribution in [0.3, 0.4) is 0 Å². The first kappa shape index (κ1) is 12.9. The first-order valence-electron chi connectivity index (χ1n) is 5.37. The van der Waals surface area contributed by atoms with E-state index < -0.39 is 17.5 Å². The van der Waals surface area contributed by atoms with Gasteiger partial charge in [-0.3, -0.25) is 9.78 Å². The zero-order valence-electron chi connectivity index (χ0n) is 9.95. The molecule has 1 aromatic carbocycles. The molecule has 2 N–H and O–H groups in total. The van der Waals surface area contributed by atoms with Gasteiger partial charge in [0.25, 0.3) is 5.91 Å². The van der Waals surface area contributed by atoms with E-state index >= 15 is 0 Å². The third-order valence-electron chi connectivity index (χ3n) is 2.32. The number of carbonyl (C=O) groups is 1. The Morgan fingerprint density at radius 1 is 1.26 bits per heavy atom. The average molecular weight is 264 g/mol. The highest BCUT2D eigenvalue weighted by Crippen LogP contribution is 2.17. The van der Waals surface area contributed by atoms with E-state index in [-0.39, 0.29) is 11.4 Å². The molecule has 0 bridgehead atoms. The Labute approximate surface area is 107 Å². The number of amides is 1. The van der Waals surface area contributed by atoms with Gasteiger partial charge in [0.05, 0.1) is 18.1 Å². The van der Waals surface area contributed by atoms with Gasteiger partial charge in [-0.15, -0.1) is 0 Å². The van der Waals surface area contributed by atoms with Gasteiger partial charge in [-0.05, 0) is 12.1 Å². The van der Waals surface area contributed by atoms with Crippen LogP contribution in [-0.4, -0.2) is 22.9 Å². The predicted octanol–water partition coefficient (Wildman–Crippen LogP) is 2.05. The molecule has 0 fully saturated rings. The normalized spacial score (nSPS) is 10.1. The number of halogens is 2. The molecule has 5 nitrogen and oxygen atoms in total. The summed E-state index contributed by atoms with van der Waals surface area (Å²) >= 11 is 0. The quantitative estimate of drug-likeness (QED) is 0.890. The Hall–Kier alpha value is -2.57. The predicted molar refractivity (Wildman–Crippen MR) is 65.9 cm³/mol. The van der Waals surface area contributed by atoms with Crippen molar-refractivity contribution in [1.29, 1.82) is 0 Å². The van der Waals surface area contributed by atoms with Crippen LogP contribution in [0.4, 0.5) is 20.3 Å². The van der Waals surface area contributed by atoms with Crippen LogP contribution in [0.15, 0.2) is 30.6 Å². The fraction of sp³-hybridized carbons (Fsp3) is 0.0833. The molecule has 1 amide bonds. The lowest BCUT2D eigenvalue weighted by Crippen LogP contribution is -2.16. The fourth-order valence-corrected chi connectivity index (χ4v) is 1.38. The molecule has 0 aliphatic carbocycles. The molecule has 0 aliphatic rings. The topological polar surface area (TPSA) is 66.9 Å². The van der Waals surface area contributed by atoms with Crippen molar-refractivity contribution in [3.63, 3.8) is 0 Å².